The van der Waals surface area contributed by atoms with Crippen molar-refractivity contribution >= 4 is 22.8 Å². The van der Waals surface area contributed by atoms with Gasteiger partial charge in [-0.3, -0.25) is 4.79 Å². The third-order valence-electron chi connectivity index (χ3n) is 5.27. The molecule has 0 spiro atoms. The number of rotatable bonds is 6. The van der Waals surface area contributed by atoms with E-state index in [-0.39, 0.29) is 17.7 Å². The summed E-state index contributed by atoms with van der Waals surface area (Å²) in [4.78, 5) is 22.4. The summed E-state index contributed by atoms with van der Waals surface area (Å²) in [7, 11) is 4.11. The third kappa shape index (κ3) is 4.89. The summed E-state index contributed by atoms with van der Waals surface area (Å²) >= 11 is 0. The Kier molecular flexibility index (Phi) is 5.84. The number of hydrogen-bond donors (Lipinski definition) is 2. The Morgan fingerprint density at radius 3 is 2.53 bits per heavy atom. The lowest BCUT2D eigenvalue weighted by atomic mass is 9.93. The second kappa shape index (κ2) is 8.59. The first kappa shape index (κ1) is 21.8. The van der Waals surface area contributed by atoms with E-state index in [2.05, 4.69) is 45.5 Å². The lowest BCUT2D eigenvalue weighted by molar-refractivity contribution is -0.115. The molecule has 0 aliphatic heterocycles. The molecule has 1 amide bonds. The summed E-state index contributed by atoms with van der Waals surface area (Å²) in [6, 6.07) is 11.9. The SMILES string of the molecule is CN(C)Cc1c[nH]c2ncc(-c3ccc(CC(=O)Nc4cc(C(C)(C)C)on4)cc3)cc12. The number of carbonyl (C=O) groups excluding carboxylic acids is 1. The van der Waals surface area contributed by atoms with Crippen LogP contribution in [-0.2, 0) is 23.2 Å². The summed E-state index contributed by atoms with van der Waals surface area (Å²) in [6.07, 6.45) is 4.15. The average molecular weight is 432 g/mol. The second-order valence-corrected chi connectivity index (χ2v) is 9.42. The fraction of sp³-hybridized carbons (Fsp3) is 0.320. The maximum Gasteiger partial charge on any atom is 0.230 e. The molecule has 1 aromatic carbocycles. The lowest BCUT2D eigenvalue weighted by Crippen LogP contribution is -2.14. The highest BCUT2D eigenvalue weighted by Gasteiger charge is 2.20. The van der Waals surface area contributed by atoms with Crippen LogP contribution < -0.4 is 5.32 Å². The lowest BCUT2D eigenvalue weighted by Gasteiger charge is -2.12. The molecule has 3 heterocycles. The number of amides is 1. The normalized spacial score (nSPS) is 11.9. The molecule has 0 fully saturated rings. The first-order valence-electron chi connectivity index (χ1n) is 10.7. The molecular formula is C25H29N5O2. The van der Waals surface area contributed by atoms with Crippen molar-refractivity contribution in [2.75, 3.05) is 19.4 Å². The molecule has 0 aliphatic rings. The van der Waals surface area contributed by atoms with Gasteiger partial charge < -0.3 is 19.7 Å². The fourth-order valence-corrected chi connectivity index (χ4v) is 3.56. The van der Waals surface area contributed by atoms with Gasteiger partial charge in [-0.05, 0) is 36.9 Å². The topological polar surface area (TPSA) is 87.0 Å². The van der Waals surface area contributed by atoms with Gasteiger partial charge in [0, 0.05) is 41.4 Å². The van der Waals surface area contributed by atoms with Gasteiger partial charge >= 0.3 is 0 Å². The van der Waals surface area contributed by atoms with E-state index in [9.17, 15) is 4.79 Å². The Morgan fingerprint density at radius 1 is 1.12 bits per heavy atom. The number of pyridine rings is 1. The van der Waals surface area contributed by atoms with Gasteiger partial charge in [-0.2, -0.15) is 0 Å². The van der Waals surface area contributed by atoms with Crippen molar-refractivity contribution in [3.8, 4) is 11.1 Å². The predicted molar refractivity (Wildman–Crippen MR) is 126 cm³/mol. The minimum Gasteiger partial charge on any atom is -0.359 e. The van der Waals surface area contributed by atoms with E-state index in [0.717, 1.165) is 40.0 Å². The Morgan fingerprint density at radius 2 is 1.88 bits per heavy atom. The van der Waals surface area contributed by atoms with Crippen molar-refractivity contribution < 1.29 is 9.32 Å². The van der Waals surface area contributed by atoms with E-state index >= 15 is 0 Å². The maximum absolute atomic E-state index is 12.4. The van der Waals surface area contributed by atoms with Crippen molar-refractivity contribution in [1.29, 1.82) is 0 Å². The molecule has 0 saturated carbocycles. The van der Waals surface area contributed by atoms with Gasteiger partial charge in [0.25, 0.3) is 0 Å². The second-order valence-electron chi connectivity index (χ2n) is 9.42. The maximum atomic E-state index is 12.4. The number of aromatic nitrogens is 3. The molecule has 2 N–H and O–H groups in total. The van der Waals surface area contributed by atoms with Gasteiger partial charge in [0.15, 0.2) is 5.82 Å². The van der Waals surface area contributed by atoms with Gasteiger partial charge in [0.05, 0.1) is 6.42 Å². The molecule has 7 nitrogen and oxygen atoms in total. The van der Waals surface area contributed by atoms with Crippen LogP contribution in [0.3, 0.4) is 0 Å². The number of carbonyl (C=O) groups is 1. The van der Waals surface area contributed by atoms with E-state index in [4.69, 9.17) is 4.52 Å². The Hall–Kier alpha value is -3.45. The van der Waals surface area contributed by atoms with Gasteiger partial charge in [0.1, 0.15) is 11.4 Å². The molecule has 4 aromatic rings. The molecule has 166 valence electrons. The number of H-pyrrole nitrogens is 1. The van der Waals surface area contributed by atoms with Crippen molar-refractivity contribution in [2.45, 2.75) is 39.2 Å². The van der Waals surface area contributed by atoms with Crippen molar-refractivity contribution in [3.05, 3.63) is 65.7 Å². The first-order valence-corrected chi connectivity index (χ1v) is 10.7. The number of fused-ring (bicyclic) bond motifs is 1. The number of hydrogen-bond acceptors (Lipinski definition) is 5. The van der Waals surface area contributed by atoms with Crippen LogP contribution >= 0.6 is 0 Å². The molecule has 0 unspecified atom stereocenters. The number of nitrogens with zero attached hydrogens (tertiary/aromatic N) is 3. The van der Waals surface area contributed by atoms with E-state index in [1.807, 2.05) is 57.4 Å². The van der Waals surface area contributed by atoms with Crippen molar-refractivity contribution in [1.82, 2.24) is 20.0 Å². The minimum atomic E-state index is -0.155. The van der Waals surface area contributed by atoms with Gasteiger partial charge in [0.2, 0.25) is 5.91 Å². The Balaban J connectivity index is 1.45. The zero-order valence-corrected chi connectivity index (χ0v) is 19.2. The molecule has 0 aliphatic carbocycles. The van der Waals surface area contributed by atoms with Crippen LogP contribution in [0.15, 0.2) is 53.3 Å². The van der Waals surface area contributed by atoms with Crippen LogP contribution in [0.2, 0.25) is 0 Å². The highest BCUT2D eigenvalue weighted by atomic mass is 16.5. The molecule has 0 atom stereocenters. The summed E-state index contributed by atoms with van der Waals surface area (Å²) in [5.41, 5.74) is 4.99. The summed E-state index contributed by atoms with van der Waals surface area (Å²) in [5.74, 6) is 1.05. The summed E-state index contributed by atoms with van der Waals surface area (Å²) < 4.78 is 5.32. The molecule has 0 bridgehead atoms. The quantitative estimate of drug-likeness (QED) is 0.460. The van der Waals surface area contributed by atoms with E-state index in [1.54, 1.807) is 6.07 Å². The van der Waals surface area contributed by atoms with Gasteiger partial charge in [-0.15, -0.1) is 0 Å². The van der Waals surface area contributed by atoms with Crippen LogP contribution in [0.25, 0.3) is 22.2 Å². The highest BCUT2D eigenvalue weighted by molar-refractivity contribution is 5.91. The van der Waals surface area contributed by atoms with Crippen LogP contribution in [-0.4, -0.2) is 40.0 Å². The van der Waals surface area contributed by atoms with E-state index in [0.29, 0.717) is 5.82 Å². The smallest absolute Gasteiger partial charge is 0.230 e. The Labute approximate surface area is 187 Å². The van der Waals surface area contributed by atoms with Crippen molar-refractivity contribution in [3.63, 3.8) is 0 Å². The predicted octanol–water partition coefficient (Wildman–Crippen LogP) is 4.76. The molecule has 32 heavy (non-hydrogen) atoms. The largest absolute Gasteiger partial charge is 0.359 e. The molecule has 7 heteroatoms. The van der Waals surface area contributed by atoms with Crippen molar-refractivity contribution in [2.24, 2.45) is 0 Å². The van der Waals surface area contributed by atoms with Crippen LogP contribution in [0, 0.1) is 0 Å². The molecule has 0 saturated heterocycles. The van der Waals surface area contributed by atoms with Crippen LogP contribution in [0.5, 0.6) is 0 Å². The first-order chi connectivity index (χ1) is 15.2. The highest BCUT2D eigenvalue weighted by Crippen LogP contribution is 2.26. The Bertz CT molecular complexity index is 1230. The molecule has 4 rings (SSSR count). The number of anilines is 1. The van der Waals surface area contributed by atoms with E-state index in [1.165, 1.54) is 5.56 Å². The van der Waals surface area contributed by atoms with Gasteiger partial charge in [-0.25, -0.2) is 4.98 Å². The average Bonchev–Trinajstić information content (AvgIpc) is 3.35. The number of nitrogens with one attached hydrogen (secondary N) is 2. The summed E-state index contributed by atoms with van der Waals surface area (Å²) in [6.45, 7) is 6.95. The minimum absolute atomic E-state index is 0.129. The van der Waals surface area contributed by atoms with Crippen LogP contribution in [0.1, 0.15) is 37.7 Å². The number of aromatic amines is 1. The number of benzene rings is 1. The summed E-state index contributed by atoms with van der Waals surface area (Å²) in [5, 5.41) is 7.88. The fourth-order valence-electron chi connectivity index (χ4n) is 3.56. The zero-order chi connectivity index (χ0) is 22.9. The monoisotopic (exact) mass is 431 g/mol. The van der Waals surface area contributed by atoms with Crippen LogP contribution in [0.4, 0.5) is 5.82 Å². The third-order valence-corrected chi connectivity index (χ3v) is 5.27. The molecular weight excluding hydrogens is 402 g/mol. The molecule has 0 radical (unpaired) electrons. The van der Waals surface area contributed by atoms with E-state index < -0.39 is 0 Å². The molecule has 3 aromatic heterocycles. The zero-order valence-electron chi connectivity index (χ0n) is 19.2. The standard InChI is InChI=1S/C25H29N5O2/c1-25(2,3)21-12-22(29-32-21)28-23(31)10-16-6-8-17(9-7-16)18-11-20-19(15-30(4)5)14-27-24(20)26-13-18/h6-9,11-14H,10,15H2,1-5H3,(H,26,27)(H,28,29,31). The van der Waals surface area contributed by atoms with Gasteiger partial charge in [-0.1, -0.05) is 50.2 Å².